The lowest BCUT2D eigenvalue weighted by Crippen LogP contribution is -2.43. The lowest BCUT2D eigenvalue weighted by Gasteiger charge is -2.11. The van der Waals surface area contributed by atoms with E-state index in [1.54, 1.807) is 12.1 Å². The Labute approximate surface area is 172 Å². The number of nitrogens with one attached hydrogen (secondary N) is 2. The van der Waals surface area contributed by atoms with Crippen LogP contribution < -0.4 is 10.9 Å². The van der Waals surface area contributed by atoms with Gasteiger partial charge in [-0.25, -0.2) is 9.18 Å². The van der Waals surface area contributed by atoms with Gasteiger partial charge in [0, 0.05) is 0 Å². The van der Waals surface area contributed by atoms with Crippen molar-refractivity contribution >= 4 is 17.8 Å². The van der Waals surface area contributed by atoms with E-state index in [1.165, 1.54) is 18.2 Å². The standard InChI is InChI=1S/C23H19FN2O4/c24-20-13-7-6-12-19(20)22(28)26-25-21(27)15-30-23(29)18-11-5-4-10-17(18)14-16-8-2-1-3-9-16/h1-13H,14-15H2,(H,25,27)(H,26,28). The Morgan fingerprint density at radius 2 is 1.40 bits per heavy atom. The summed E-state index contributed by atoms with van der Waals surface area (Å²) in [6.45, 7) is -0.601. The second-order valence-corrected chi connectivity index (χ2v) is 6.38. The number of hydrazine groups is 1. The minimum atomic E-state index is -0.819. The van der Waals surface area contributed by atoms with E-state index in [0.717, 1.165) is 17.2 Å². The van der Waals surface area contributed by atoms with Crippen molar-refractivity contribution in [3.05, 3.63) is 107 Å². The van der Waals surface area contributed by atoms with Gasteiger partial charge in [0.1, 0.15) is 5.82 Å². The van der Waals surface area contributed by atoms with Crippen LogP contribution in [0.25, 0.3) is 0 Å². The Balaban J connectivity index is 1.54. The van der Waals surface area contributed by atoms with Crippen molar-refractivity contribution in [2.45, 2.75) is 6.42 Å². The number of benzene rings is 3. The molecule has 0 heterocycles. The van der Waals surface area contributed by atoms with Crippen molar-refractivity contribution in [3.63, 3.8) is 0 Å². The van der Waals surface area contributed by atoms with Gasteiger partial charge in [-0.3, -0.25) is 20.4 Å². The zero-order valence-corrected chi connectivity index (χ0v) is 15.9. The van der Waals surface area contributed by atoms with Crippen LogP contribution in [-0.4, -0.2) is 24.4 Å². The van der Waals surface area contributed by atoms with E-state index in [1.807, 2.05) is 42.5 Å². The molecule has 3 aromatic rings. The maximum atomic E-state index is 13.6. The maximum Gasteiger partial charge on any atom is 0.338 e. The monoisotopic (exact) mass is 406 g/mol. The summed E-state index contributed by atoms with van der Waals surface area (Å²) in [4.78, 5) is 36.2. The van der Waals surface area contributed by atoms with Gasteiger partial charge in [0.15, 0.2) is 6.61 Å². The van der Waals surface area contributed by atoms with Crippen molar-refractivity contribution in [1.82, 2.24) is 10.9 Å². The lowest BCUT2D eigenvalue weighted by atomic mass is 10.00. The number of halogens is 1. The van der Waals surface area contributed by atoms with E-state index in [0.29, 0.717) is 12.0 Å². The molecule has 2 amide bonds. The summed E-state index contributed by atoms with van der Waals surface area (Å²) < 4.78 is 18.6. The van der Waals surface area contributed by atoms with Gasteiger partial charge in [-0.2, -0.15) is 0 Å². The molecule has 6 nitrogen and oxygen atoms in total. The smallest absolute Gasteiger partial charge is 0.338 e. The van der Waals surface area contributed by atoms with Gasteiger partial charge >= 0.3 is 5.97 Å². The molecule has 0 spiro atoms. The molecule has 0 bridgehead atoms. The zero-order valence-electron chi connectivity index (χ0n) is 15.9. The molecule has 0 aromatic heterocycles. The van der Waals surface area contributed by atoms with Crippen LogP contribution in [-0.2, 0) is 16.0 Å². The fourth-order valence-electron chi connectivity index (χ4n) is 2.77. The van der Waals surface area contributed by atoms with Crippen LogP contribution in [0.2, 0.25) is 0 Å². The first-order valence-corrected chi connectivity index (χ1v) is 9.17. The van der Waals surface area contributed by atoms with Gasteiger partial charge in [0.25, 0.3) is 11.8 Å². The first-order valence-electron chi connectivity index (χ1n) is 9.17. The number of carbonyl (C=O) groups excluding carboxylic acids is 3. The molecule has 3 rings (SSSR count). The number of carbonyl (C=O) groups is 3. The number of rotatable bonds is 6. The fraction of sp³-hybridized carbons (Fsp3) is 0.0870. The normalized spacial score (nSPS) is 10.2. The molecule has 30 heavy (non-hydrogen) atoms. The molecule has 0 unspecified atom stereocenters. The molecule has 152 valence electrons. The molecule has 0 aliphatic carbocycles. The first kappa shape index (κ1) is 20.7. The highest BCUT2D eigenvalue weighted by molar-refractivity contribution is 5.96. The molecule has 0 atom stereocenters. The minimum absolute atomic E-state index is 0.218. The number of amides is 2. The Morgan fingerprint density at radius 1 is 0.767 bits per heavy atom. The minimum Gasteiger partial charge on any atom is -0.452 e. The quantitative estimate of drug-likeness (QED) is 0.487. The first-order chi connectivity index (χ1) is 14.5. The number of esters is 1. The average molecular weight is 406 g/mol. The Morgan fingerprint density at radius 3 is 2.13 bits per heavy atom. The summed E-state index contributed by atoms with van der Waals surface area (Å²) in [6, 6.07) is 22.0. The molecule has 0 radical (unpaired) electrons. The number of hydrogen-bond donors (Lipinski definition) is 2. The van der Waals surface area contributed by atoms with Gasteiger partial charge in [-0.1, -0.05) is 60.7 Å². The topological polar surface area (TPSA) is 84.5 Å². The second-order valence-electron chi connectivity index (χ2n) is 6.38. The predicted octanol–water partition coefficient (Wildman–Crippen LogP) is 3.03. The van der Waals surface area contributed by atoms with E-state index in [-0.39, 0.29) is 5.56 Å². The SMILES string of the molecule is O=C(COC(=O)c1ccccc1Cc1ccccc1)NNC(=O)c1ccccc1F. The van der Waals surface area contributed by atoms with E-state index in [2.05, 4.69) is 10.9 Å². The molecule has 0 fully saturated rings. The van der Waals surface area contributed by atoms with E-state index < -0.39 is 30.2 Å². The van der Waals surface area contributed by atoms with E-state index >= 15 is 0 Å². The molecule has 0 saturated carbocycles. The molecule has 0 aliphatic rings. The molecular weight excluding hydrogens is 387 g/mol. The van der Waals surface area contributed by atoms with Crippen LogP contribution in [0, 0.1) is 5.82 Å². The number of hydrogen-bond acceptors (Lipinski definition) is 4. The average Bonchev–Trinajstić information content (AvgIpc) is 2.77. The van der Waals surface area contributed by atoms with Gasteiger partial charge in [0.2, 0.25) is 0 Å². The lowest BCUT2D eigenvalue weighted by molar-refractivity contribution is -0.125. The van der Waals surface area contributed by atoms with Crippen LogP contribution >= 0.6 is 0 Å². The Hall–Kier alpha value is -4.00. The second kappa shape index (κ2) is 9.97. The zero-order chi connectivity index (χ0) is 21.3. The van der Waals surface area contributed by atoms with Crippen molar-refractivity contribution in [2.75, 3.05) is 6.61 Å². The molecule has 0 aliphatic heterocycles. The Bertz CT molecular complexity index is 1050. The fourth-order valence-corrected chi connectivity index (χ4v) is 2.77. The van der Waals surface area contributed by atoms with Gasteiger partial charge in [-0.05, 0) is 35.7 Å². The highest BCUT2D eigenvalue weighted by Crippen LogP contribution is 2.15. The summed E-state index contributed by atoms with van der Waals surface area (Å²) in [6.07, 6.45) is 0.539. The largest absolute Gasteiger partial charge is 0.452 e. The summed E-state index contributed by atoms with van der Waals surface area (Å²) in [5.74, 6) is -2.95. The van der Waals surface area contributed by atoms with Crippen molar-refractivity contribution in [2.24, 2.45) is 0 Å². The van der Waals surface area contributed by atoms with Crippen molar-refractivity contribution in [1.29, 1.82) is 0 Å². The Kier molecular flexibility index (Phi) is 6.89. The molecule has 3 aromatic carbocycles. The van der Waals surface area contributed by atoms with Gasteiger partial charge in [0.05, 0.1) is 11.1 Å². The summed E-state index contributed by atoms with van der Waals surface area (Å²) >= 11 is 0. The predicted molar refractivity (Wildman–Crippen MR) is 108 cm³/mol. The molecule has 0 saturated heterocycles. The molecular formula is C23H19FN2O4. The third-order valence-corrected chi connectivity index (χ3v) is 4.24. The van der Waals surface area contributed by atoms with Crippen LogP contribution in [0.4, 0.5) is 4.39 Å². The van der Waals surface area contributed by atoms with Crippen LogP contribution in [0.1, 0.15) is 31.8 Å². The summed E-state index contributed by atoms with van der Waals surface area (Å²) in [5.41, 5.74) is 6.10. The maximum absolute atomic E-state index is 13.6. The highest BCUT2D eigenvalue weighted by atomic mass is 19.1. The highest BCUT2D eigenvalue weighted by Gasteiger charge is 2.16. The third kappa shape index (κ3) is 5.51. The van der Waals surface area contributed by atoms with Crippen molar-refractivity contribution in [3.8, 4) is 0 Å². The van der Waals surface area contributed by atoms with Crippen LogP contribution in [0.5, 0.6) is 0 Å². The van der Waals surface area contributed by atoms with E-state index in [9.17, 15) is 18.8 Å². The van der Waals surface area contributed by atoms with Crippen LogP contribution in [0.15, 0.2) is 78.9 Å². The third-order valence-electron chi connectivity index (χ3n) is 4.24. The summed E-state index contributed by atoms with van der Waals surface area (Å²) in [5, 5.41) is 0. The molecule has 7 heteroatoms. The van der Waals surface area contributed by atoms with Crippen LogP contribution in [0.3, 0.4) is 0 Å². The molecule has 2 N–H and O–H groups in total. The van der Waals surface area contributed by atoms with Gasteiger partial charge < -0.3 is 4.74 Å². The summed E-state index contributed by atoms with van der Waals surface area (Å²) in [7, 11) is 0. The van der Waals surface area contributed by atoms with Gasteiger partial charge in [-0.15, -0.1) is 0 Å². The van der Waals surface area contributed by atoms with E-state index in [4.69, 9.17) is 4.74 Å². The number of ether oxygens (including phenoxy) is 1. The van der Waals surface area contributed by atoms with Crippen molar-refractivity contribution < 1.29 is 23.5 Å².